The Morgan fingerprint density at radius 1 is 1.29 bits per heavy atom. The molecule has 0 heterocycles. The van der Waals surface area contributed by atoms with Gasteiger partial charge in [-0.15, -0.1) is 0 Å². The average Bonchev–Trinajstić information content (AvgIpc) is 2.34. The molecule has 0 amide bonds. The number of hydrogen-bond acceptors (Lipinski definition) is 4. The zero-order valence-corrected chi connectivity index (χ0v) is 13.5. The van der Waals surface area contributed by atoms with Gasteiger partial charge in [0.1, 0.15) is 6.23 Å². The van der Waals surface area contributed by atoms with Crippen molar-refractivity contribution in [2.24, 2.45) is 11.8 Å². The minimum absolute atomic E-state index is 0.0516. The highest BCUT2D eigenvalue weighted by atomic mass is 16.3. The topological polar surface area (TPSA) is 63.9 Å². The third kappa shape index (κ3) is 2.03. The van der Waals surface area contributed by atoms with E-state index in [1.54, 1.807) is 0 Å². The summed E-state index contributed by atoms with van der Waals surface area (Å²) < 4.78 is 0. The van der Waals surface area contributed by atoms with Crippen LogP contribution in [0.2, 0.25) is 0 Å². The molecule has 4 aliphatic rings. The Hall–Kier alpha value is -0.420. The lowest BCUT2D eigenvalue weighted by Gasteiger charge is -2.69. The number of hydrogen-bond donors (Lipinski definition) is 3. The van der Waals surface area contributed by atoms with Crippen molar-refractivity contribution in [3.8, 4) is 0 Å². The van der Waals surface area contributed by atoms with Gasteiger partial charge >= 0.3 is 0 Å². The fourth-order valence-electron chi connectivity index (χ4n) is 5.87. The molecular formula is C17H29NO3. The molecule has 4 bridgehead atoms. The van der Waals surface area contributed by atoms with Gasteiger partial charge in [-0.25, -0.2) is 0 Å². The lowest BCUT2D eigenvalue weighted by atomic mass is 9.44. The van der Waals surface area contributed by atoms with Crippen molar-refractivity contribution in [3.05, 3.63) is 12.2 Å². The molecule has 21 heavy (non-hydrogen) atoms. The lowest BCUT2D eigenvalue weighted by Crippen LogP contribution is -2.76. The molecule has 0 aromatic rings. The quantitative estimate of drug-likeness (QED) is 0.545. The van der Waals surface area contributed by atoms with E-state index in [4.69, 9.17) is 0 Å². The monoisotopic (exact) mass is 295 g/mol. The molecule has 4 saturated carbocycles. The predicted molar refractivity (Wildman–Crippen MR) is 81.6 cm³/mol. The second-order valence-corrected chi connectivity index (χ2v) is 7.99. The van der Waals surface area contributed by atoms with Crippen molar-refractivity contribution in [1.29, 1.82) is 0 Å². The fraction of sp³-hybridized carbons (Fsp3) is 0.882. The van der Waals surface area contributed by atoms with Crippen LogP contribution in [-0.4, -0.2) is 49.7 Å². The van der Waals surface area contributed by atoms with Crippen molar-refractivity contribution in [2.45, 2.75) is 75.8 Å². The first-order chi connectivity index (χ1) is 9.66. The Morgan fingerprint density at radius 2 is 1.95 bits per heavy atom. The Labute approximate surface area is 127 Å². The van der Waals surface area contributed by atoms with Crippen molar-refractivity contribution in [2.75, 3.05) is 6.54 Å². The summed E-state index contributed by atoms with van der Waals surface area (Å²) in [5.41, 5.74) is -1.17. The van der Waals surface area contributed by atoms with E-state index in [2.05, 4.69) is 18.4 Å². The van der Waals surface area contributed by atoms with Gasteiger partial charge in [0.05, 0.1) is 11.2 Å². The third-order valence-electron chi connectivity index (χ3n) is 6.48. The summed E-state index contributed by atoms with van der Waals surface area (Å²) in [6.07, 6.45) is 2.97. The fourth-order valence-corrected chi connectivity index (χ4v) is 5.87. The molecule has 4 heteroatoms. The lowest BCUT2D eigenvalue weighted by molar-refractivity contribution is -0.277. The Balaban J connectivity index is 2.04. The molecule has 4 rings (SSSR count). The first-order valence-electron chi connectivity index (χ1n) is 8.21. The Morgan fingerprint density at radius 3 is 2.48 bits per heavy atom. The van der Waals surface area contributed by atoms with E-state index in [0.717, 1.165) is 24.8 Å². The van der Waals surface area contributed by atoms with Gasteiger partial charge in [-0.1, -0.05) is 20.4 Å². The summed E-state index contributed by atoms with van der Waals surface area (Å²) in [5.74, 6) is 0.404. The smallest absolute Gasteiger partial charge is 0.129 e. The highest BCUT2D eigenvalue weighted by Crippen LogP contribution is 2.63. The van der Waals surface area contributed by atoms with Crippen molar-refractivity contribution < 1.29 is 15.3 Å². The zero-order chi connectivity index (χ0) is 15.6. The van der Waals surface area contributed by atoms with E-state index in [9.17, 15) is 15.3 Å². The Bertz CT molecular complexity index is 467. The van der Waals surface area contributed by atoms with Crippen LogP contribution in [-0.2, 0) is 0 Å². The third-order valence-corrected chi connectivity index (χ3v) is 6.48. The summed E-state index contributed by atoms with van der Waals surface area (Å²) in [6.45, 7) is 10.5. The molecule has 4 aliphatic carbocycles. The normalized spacial score (nSPS) is 49.7. The molecular weight excluding hydrogens is 266 g/mol. The maximum atomic E-state index is 11.1. The highest BCUT2D eigenvalue weighted by Gasteiger charge is 2.68. The average molecular weight is 295 g/mol. The molecule has 4 fully saturated rings. The number of likely N-dealkylation sites (N-methyl/N-ethyl adjacent to an activating group) is 1. The van der Waals surface area contributed by atoms with Crippen LogP contribution >= 0.6 is 0 Å². The van der Waals surface area contributed by atoms with E-state index in [-0.39, 0.29) is 11.5 Å². The van der Waals surface area contributed by atoms with Crippen LogP contribution in [0.5, 0.6) is 0 Å². The van der Waals surface area contributed by atoms with Crippen molar-refractivity contribution in [1.82, 2.24) is 4.90 Å². The van der Waals surface area contributed by atoms with E-state index in [1.807, 2.05) is 13.8 Å². The van der Waals surface area contributed by atoms with Crippen LogP contribution in [0.3, 0.4) is 0 Å². The number of rotatable bonds is 4. The molecule has 6 atom stereocenters. The zero-order valence-electron chi connectivity index (χ0n) is 13.5. The molecule has 0 aliphatic heterocycles. The van der Waals surface area contributed by atoms with E-state index < -0.39 is 17.4 Å². The summed E-state index contributed by atoms with van der Waals surface area (Å²) >= 11 is 0. The molecule has 0 aromatic heterocycles. The van der Waals surface area contributed by atoms with Crippen LogP contribution in [0, 0.1) is 11.8 Å². The van der Waals surface area contributed by atoms with Gasteiger partial charge in [0, 0.05) is 17.9 Å². The second kappa shape index (κ2) is 4.54. The SMILES string of the molecule is C=C(C)C(O)N(CC)C12CC3CC(O)(CC(O)(C3)C1C)C2. The van der Waals surface area contributed by atoms with Crippen LogP contribution in [0.25, 0.3) is 0 Å². The van der Waals surface area contributed by atoms with Gasteiger partial charge in [-0.2, -0.15) is 0 Å². The van der Waals surface area contributed by atoms with Gasteiger partial charge in [0.2, 0.25) is 0 Å². The summed E-state index contributed by atoms with van der Waals surface area (Å²) in [5, 5.41) is 32.6. The van der Waals surface area contributed by atoms with Gasteiger partial charge < -0.3 is 15.3 Å². The van der Waals surface area contributed by atoms with E-state index >= 15 is 0 Å². The summed E-state index contributed by atoms with van der Waals surface area (Å²) in [7, 11) is 0. The van der Waals surface area contributed by atoms with Gasteiger partial charge in [0.25, 0.3) is 0 Å². The minimum Gasteiger partial charge on any atom is -0.390 e. The van der Waals surface area contributed by atoms with Gasteiger partial charge in [-0.05, 0) is 50.6 Å². The Kier molecular flexibility index (Phi) is 3.35. The van der Waals surface area contributed by atoms with Crippen molar-refractivity contribution >= 4 is 0 Å². The predicted octanol–water partition coefficient (Wildman–Crippen LogP) is 1.65. The highest BCUT2D eigenvalue weighted by molar-refractivity contribution is 5.22. The van der Waals surface area contributed by atoms with E-state index in [0.29, 0.717) is 25.3 Å². The second-order valence-electron chi connectivity index (χ2n) is 7.99. The largest absolute Gasteiger partial charge is 0.390 e. The van der Waals surface area contributed by atoms with E-state index in [1.165, 1.54) is 0 Å². The molecule has 0 saturated heterocycles. The maximum Gasteiger partial charge on any atom is 0.129 e. The molecule has 120 valence electrons. The number of aliphatic hydroxyl groups excluding tert-OH is 1. The van der Waals surface area contributed by atoms with Gasteiger partial charge in [-0.3, -0.25) is 4.90 Å². The van der Waals surface area contributed by atoms with Crippen LogP contribution < -0.4 is 0 Å². The van der Waals surface area contributed by atoms with Crippen LogP contribution in [0.15, 0.2) is 12.2 Å². The van der Waals surface area contributed by atoms with Crippen LogP contribution in [0.1, 0.15) is 52.9 Å². The molecule has 0 spiro atoms. The first kappa shape index (κ1) is 15.5. The molecule has 6 unspecified atom stereocenters. The van der Waals surface area contributed by atoms with Crippen molar-refractivity contribution in [3.63, 3.8) is 0 Å². The molecule has 3 N–H and O–H groups in total. The first-order valence-corrected chi connectivity index (χ1v) is 8.21. The number of nitrogens with zero attached hydrogens (tertiary/aromatic N) is 1. The molecule has 4 nitrogen and oxygen atoms in total. The number of aliphatic hydroxyl groups is 3. The van der Waals surface area contributed by atoms with Gasteiger partial charge in [0.15, 0.2) is 0 Å². The molecule has 0 radical (unpaired) electrons. The minimum atomic E-state index is -0.795. The standard InChI is InChI=1S/C17H29NO3/c1-5-18(14(19)11(2)3)16-7-13-6-15(20,9-16)10-17(21,8-13)12(16)4/h12-14,19-21H,2,5-10H2,1,3-4H3. The molecule has 0 aromatic carbocycles. The summed E-state index contributed by atoms with van der Waals surface area (Å²) in [6, 6.07) is 0. The summed E-state index contributed by atoms with van der Waals surface area (Å²) in [4.78, 5) is 2.07. The van der Waals surface area contributed by atoms with Crippen LogP contribution in [0.4, 0.5) is 0 Å². The maximum absolute atomic E-state index is 11.1.